The van der Waals surface area contributed by atoms with Crippen LogP contribution in [0.25, 0.3) is 0 Å². The molecule has 0 amide bonds. The van der Waals surface area contributed by atoms with E-state index in [1.54, 1.807) is 0 Å². The molecule has 2 unspecified atom stereocenters. The van der Waals surface area contributed by atoms with Gasteiger partial charge in [0.05, 0.1) is 0 Å². The van der Waals surface area contributed by atoms with Crippen LogP contribution in [-0.4, -0.2) is 12.1 Å². The quantitative estimate of drug-likeness (QED) is 0.602. The number of nitrogens with one attached hydrogen (secondary N) is 1. The largest absolute Gasteiger partial charge is 0.308 e. The third kappa shape index (κ3) is 5.36. The fourth-order valence-corrected chi connectivity index (χ4v) is 1.16. The van der Waals surface area contributed by atoms with Gasteiger partial charge in [-0.3, -0.25) is 0 Å². The highest BCUT2D eigenvalue weighted by Crippen LogP contribution is 2.03. The molecule has 1 nitrogen and oxygen atoms in total. The molecule has 0 aromatic heterocycles. The Hall–Kier alpha value is -0.300. The standard InChI is InChI=1S/C11H23N/c1-6-7-8-10(4)12-11(5)9(2)3/h10-12H,2,6-8H2,1,3-5H3. The molecular weight excluding hydrogens is 146 g/mol. The second kappa shape index (κ2) is 6.24. The van der Waals surface area contributed by atoms with Crippen LogP contribution in [0.5, 0.6) is 0 Å². The molecule has 0 spiro atoms. The highest BCUT2D eigenvalue weighted by Gasteiger charge is 2.06. The Labute approximate surface area is 77.2 Å². The normalized spacial score (nSPS) is 15.7. The van der Waals surface area contributed by atoms with Crippen LogP contribution in [0.4, 0.5) is 0 Å². The first-order valence-electron chi connectivity index (χ1n) is 4.99. The van der Waals surface area contributed by atoms with E-state index in [4.69, 9.17) is 0 Å². The monoisotopic (exact) mass is 169 g/mol. The van der Waals surface area contributed by atoms with Gasteiger partial charge in [-0.15, -0.1) is 0 Å². The smallest absolute Gasteiger partial charge is 0.0248 e. The topological polar surface area (TPSA) is 12.0 Å². The Bertz CT molecular complexity index is 129. The Morgan fingerprint density at radius 1 is 1.42 bits per heavy atom. The van der Waals surface area contributed by atoms with Gasteiger partial charge in [-0.25, -0.2) is 0 Å². The van der Waals surface area contributed by atoms with Gasteiger partial charge in [0.25, 0.3) is 0 Å². The molecule has 0 fully saturated rings. The number of unbranched alkanes of at least 4 members (excludes halogenated alkanes) is 1. The van der Waals surface area contributed by atoms with Gasteiger partial charge >= 0.3 is 0 Å². The molecule has 2 atom stereocenters. The molecule has 1 heteroatoms. The molecule has 0 saturated carbocycles. The number of rotatable bonds is 6. The van der Waals surface area contributed by atoms with Gasteiger partial charge in [0, 0.05) is 12.1 Å². The van der Waals surface area contributed by atoms with E-state index in [-0.39, 0.29) is 0 Å². The van der Waals surface area contributed by atoms with Crippen molar-refractivity contribution in [3.63, 3.8) is 0 Å². The van der Waals surface area contributed by atoms with Gasteiger partial charge in [-0.05, 0) is 27.2 Å². The van der Waals surface area contributed by atoms with E-state index in [0.29, 0.717) is 12.1 Å². The molecule has 0 radical (unpaired) electrons. The van der Waals surface area contributed by atoms with Crippen LogP contribution in [0.2, 0.25) is 0 Å². The summed E-state index contributed by atoms with van der Waals surface area (Å²) in [7, 11) is 0. The van der Waals surface area contributed by atoms with Gasteiger partial charge < -0.3 is 5.32 Å². The maximum Gasteiger partial charge on any atom is 0.0248 e. The molecule has 12 heavy (non-hydrogen) atoms. The summed E-state index contributed by atoms with van der Waals surface area (Å²) in [6.45, 7) is 12.6. The van der Waals surface area contributed by atoms with Gasteiger partial charge in [0.15, 0.2) is 0 Å². The van der Waals surface area contributed by atoms with E-state index < -0.39 is 0 Å². The average Bonchev–Trinajstić information content (AvgIpc) is 2.00. The maximum atomic E-state index is 3.93. The molecule has 1 N–H and O–H groups in total. The average molecular weight is 169 g/mol. The minimum Gasteiger partial charge on any atom is -0.308 e. The van der Waals surface area contributed by atoms with Crippen LogP contribution in [0.3, 0.4) is 0 Å². The molecule has 0 aliphatic carbocycles. The van der Waals surface area contributed by atoms with E-state index in [1.807, 2.05) is 0 Å². The van der Waals surface area contributed by atoms with E-state index in [2.05, 4.69) is 39.6 Å². The van der Waals surface area contributed by atoms with Gasteiger partial charge in [0.1, 0.15) is 0 Å². The lowest BCUT2D eigenvalue weighted by molar-refractivity contribution is 0.463. The highest BCUT2D eigenvalue weighted by molar-refractivity contribution is 4.99. The van der Waals surface area contributed by atoms with Crippen LogP contribution in [0, 0.1) is 0 Å². The minimum absolute atomic E-state index is 0.455. The molecule has 0 rings (SSSR count). The predicted octanol–water partition coefficient (Wildman–Crippen LogP) is 3.12. The summed E-state index contributed by atoms with van der Waals surface area (Å²) in [5.74, 6) is 0. The Kier molecular flexibility index (Phi) is 6.09. The molecular formula is C11H23N. The fourth-order valence-electron chi connectivity index (χ4n) is 1.16. The lowest BCUT2D eigenvalue weighted by Crippen LogP contribution is -2.34. The zero-order chi connectivity index (χ0) is 9.56. The lowest BCUT2D eigenvalue weighted by atomic mass is 10.1. The molecule has 0 aromatic carbocycles. The Balaban J connectivity index is 3.53. The molecule has 0 bridgehead atoms. The molecule has 0 aromatic rings. The SMILES string of the molecule is C=C(C)C(C)NC(C)CCCC. The maximum absolute atomic E-state index is 3.93. The fraction of sp³-hybridized carbons (Fsp3) is 0.818. The van der Waals surface area contributed by atoms with Crippen LogP contribution in [0.15, 0.2) is 12.2 Å². The van der Waals surface area contributed by atoms with E-state index >= 15 is 0 Å². The third-order valence-electron chi connectivity index (χ3n) is 2.26. The Morgan fingerprint density at radius 2 is 2.00 bits per heavy atom. The summed E-state index contributed by atoms with van der Waals surface area (Å²) in [4.78, 5) is 0. The van der Waals surface area contributed by atoms with Crippen molar-refractivity contribution in [2.75, 3.05) is 0 Å². The zero-order valence-corrected chi connectivity index (χ0v) is 8.98. The molecule has 0 aliphatic rings. The van der Waals surface area contributed by atoms with Crippen LogP contribution in [-0.2, 0) is 0 Å². The van der Waals surface area contributed by atoms with Crippen molar-refractivity contribution in [2.45, 2.75) is 59.0 Å². The van der Waals surface area contributed by atoms with Crippen LogP contribution < -0.4 is 5.32 Å². The molecule has 0 saturated heterocycles. The van der Waals surface area contributed by atoms with Crippen molar-refractivity contribution in [1.29, 1.82) is 0 Å². The van der Waals surface area contributed by atoms with Crippen molar-refractivity contribution in [3.05, 3.63) is 12.2 Å². The summed E-state index contributed by atoms with van der Waals surface area (Å²) in [6, 6.07) is 1.08. The molecule has 0 heterocycles. The second-order valence-electron chi connectivity index (χ2n) is 3.78. The van der Waals surface area contributed by atoms with Gasteiger partial charge in [-0.1, -0.05) is 31.9 Å². The van der Waals surface area contributed by atoms with Crippen molar-refractivity contribution in [1.82, 2.24) is 5.32 Å². The van der Waals surface area contributed by atoms with E-state index in [1.165, 1.54) is 24.8 Å². The van der Waals surface area contributed by atoms with Crippen molar-refractivity contribution < 1.29 is 0 Å². The van der Waals surface area contributed by atoms with Gasteiger partial charge in [-0.2, -0.15) is 0 Å². The summed E-state index contributed by atoms with van der Waals surface area (Å²) in [5, 5.41) is 3.51. The summed E-state index contributed by atoms with van der Waals surface area (Å²) in [6.07, 6.45) is 3.87. The number of hydrogen-bond donors (Lipinski definition) is 1. The van der Waals surface area contributed by atoms with Crippen molar-refractivity contribution in [2.24, 2.45) is 0 Å². The number of hydrogen-bond acceptors (Lipinski definition) is 1. The molecule has 0 aliphatic heterocycles. The zero-order valence-electron chi connectivity index (χ0n) is 8.98. The van der Waals surface area contributed by atoms with Crippen molar-refractivity contribution in [3.8, 4) is 0 Å². The predicted molar refractivity (Wildman–Crippen MR) is 56.4 cm³/mol. The second-order valence-corrected chi connectivity index (χ2v) is 3.78. The minimum atomic E-state index is 0.455. The first-order chi connectivity index (χ1) is 5.57. The highest BCUT2D eigenvalue weighted by atomic mass is 14.9. The van der Waals surface area contributed by atoms with E-state index in [0.717, 1.165) is 0 Å². The van der Waals surface area contributed by atoms with Crippen LogP contribution >= 0.6 is 0 Å². The van der Waals surface area contributed by atoms with Gasteiger partial charge in [0.2, 0.25) is 0 Å². The van der Waals surface area contributed by atoms with Crippen molar-refractivity contribution >= 4 is 0 Å². The lowest BCUT2D eigenvalue weighted by Gasteiger charge is -2.19. The first-order valence-corrected chi connectivity index (χ1v) is 4.99. The Morgan fingerprint density at radius 3 is 2.42 bits per heavy atom. The summed E-state index contributed by atoms with van der Waals surface area (Å²) >= 11 is 0. The summed E-state index contributed by atoms with van der Waals surface area (Å²) in [5.41, 5.74) is 1.22. The van der Waals surface area contributed by atoms with Crippen LogP contribution in [0.1, 0.15) is 47.0 Å². The first kappa shape index (κ1) is 11.7. The van der Waals surface area contributed by atoms with E-state index in [9.17, 15) is 0 Å². The third-order valence-corrected chi connectivity index (χ3v) is 2.26. The summed E-state index contributed by atoms with van der Waals surface area (Å²) < 4.78 is 0. The molecule has 72 valence electrons.